The molecular formula is C14H17N3OS. The predicted octanol–water partition coefficient (Wildman–Crippen LogP) is 1.92. The minimum absolute atomic E-state index is 0.427. The maximum Gasteiger partial charge on any atom is 0.145 e. The van der Waals surface area contributed by atoms with Crippen molar-refractivity contribution in [3.05, 3.63) is 41.0 Å². The lowest BCUT2D eigenvalue weighted by molar-refractivity contribution is 0.679. The highest BCUT2D eigenvalue weighted by atomic mass is 32.2. The van der Waals surface area contributed by atoms with Gasteiger partial charge in [0.15, 0.2) is 0 Å². The Kier molecular flexibility index (Phi) is 3.22. The second-order valence-corrected chi connectivity index (χ2v) is 6.45. The largest absolute Gasteiger partial charge is 0.318 e. The van der Waals surface area contributed by atoms with Crippen molar-refractivity contribution in [1.82, 2.24) is 14.8 Å². The van der Waals surface area contributed by atoms with Crippen LogP contribution in [0.3, 0.4) is 0 Å². The van der Waals surface area contributed by atoms with Gasteiger partial charge in [-0.2, -0.15) is 0 Å². The van der Waals surface area contributed by atoms with Gasteiger partial charge >= 0.3 is 0 Å². The molecule has 1 aliphatic rings. The van der Waals surface area contributed by atoms with Crippen molar-refractivity contribution >= 4 is 10.8 Å². The van der Waals surface area contributed by atoms with Crippen LogP contribution in [-0.2, 0) is 36.4 Å². The van der Waals surface area contributed by atoms with Gasteiger partial charge in [0.2, 0.25) is 0 Å². The summed E-state index contributed by atoms with van der Waals surface area (Å²) in [6.07, 6.45) is 3.49. The smallest absolute Gasteiger partial charge is 0.145 e. The van der Waals surface area contributed by atoms with Crippen LogP contribution in [0.1, 0.15) is 29.2 Å². The lowest BCUT2D eigenvalue weighted by Crippen LogP contribution is -2.04. The summed E-state index contributed by atoms with van der Waals surface area (Å²) < 4.78 is 14.3. The molecule has 0 saturated carbocycles. The van der Waals surface area contributed by atoms with Crippen molar-refractivity contribution in [2.24, 2.45) is 7.05 Å². The normalized spacial score (nSPS) is 15.5. The van der Waals surface area contributed by atoms with Crippen molar-refractivity contribution in [1.29, 1.82) is 0 Å². The van der Waals surface area contributed by atoms with E-state index in [9.17, 15) is 4.21 Å². The third-order valence-corrected chi connectivity index (χ3v) is 5.08. The van der Waals surface area contributed by atoms with Crippen LogP contribution in [0.15, 0.2) is 23.1 Å². The van der Waals surface area contributed by atoms with E-state index in [1.165, 1.54) is 17.5 Å². The fraction of sp³-hybridized carbons (Fsp3) is 0.429. The van der Waals surface area contributed by atoms with Crippen LogP contribution >= 0.6 is 0 Å². The van der Waals surface area contributed by atoms with E-state index in [4.69, 9.17) is 0 Å². The average Bonchev–Trinajstić information content (AvgIpc) is 2.99. The summed E-state index contributed by atoms with van der Waals surface area (Å²) in [6.45, 7) is 1.90. The van der Waals surface area contributed by atoms with Gasteiger partial charge in [-0.05, 0) is 49.4 Å². The molecule has 1 heterocycles. The summed E-state index contributed by atoms with van der Waals surface area (Å²) in [5.74, 6) is 2.05. The van der Waals surface area contributed by atoms with Gasteiger partial charge in [-0.3, -0.25) is 4.21 Å². The summed E-state index contributed by atoms with van der Waals surface area (Å²) in [5, 5.41) is 8.07. The van der Waals surface area contributed by atoms with Crippen LogP contribution in [0.4, 0.5) is 0 Å². The summed E-state index contributed by atoms with van der Waals surface area (Å²) >= 11 is 0. The van der Waals surface area contributed by atoms with Crippen molar-refractivity contribution in [2.75, 3.05) is 0 Å². The third kappa shape index (κ3) is 2.34. The van der Waals surface area contributed by atoms with Gasteiger partial charge < -0.3 is 4.57 Å². The van der Waals surface area contributed by atoms with Crippen molar-refractivity contribution in [3.63, 3.8) is 0 Å². The molecule has 0 saturated heterocycles. The van der Waals surface area contributed by atoms with E-state index in [-0.39, 0.29) is 0 Å². The number of hydrogen-bond donors (Lipinski definition) is 0. The van der Waals surface area contributed by atoms with Crippen molar-refractivity contribution < 1.29 is 4.21 Å². The van der Waals surface area contributed by atoms with Gasteiger partial charge in [-0.1, -0.05) is 6.07 Å². The first kappa shape index (κ1) is 12.5. The fourth-order valence-electron chi connectivity index (χ4n) is 2.47. The molecule has 100 valence electrons. The second-order valence-electron chi connectivity index (χ2n) is 5.00. The van der Waals surface area contributed by atoms with Crippen molar-refractivity contribution in [2.45, 2.75) is 36.8 Å². The zero-order valence-corrected chi connectivity index (χ0v) is 12.0. The van der Waals surface area contributed by atoms with Crippen LogP contribution in [0.5, 0.6) is 0 Å². The molecule has 0 bridgehead atoms. The minimum Gasteiger partial charge on any atom is -0.318 e. The van der Waals surface area contributed by atoms with Gasteiger partial charge in [-0.25, -0.2) is 0 Å². The molecule has 0 spiro atoms. The Morgan fingerprint density at radius 1 is 1.26 bits per heavy atom. The highest BCUT2D eigenvalue weighted by molar-refractivity contribution is 7.84. The first-order valence-electron chi connectivity index (χ1n) is 6.50. The molecule has 0 aliphatic heterocycles. The van der Waals surface area contributed by atoms with Crippen LogP contribution in [0.25, 0.3) is 0 Å². The monoisotopic (exact) mass is 275 g/mol. The summed E-state index contributed by atoms with van der Waals surface area (Å²) in [5.41, 5.74) is 2.77. The first-order valence-corrected chi connectivity index (χ1v) is 7.82. The van der Waals surface area contributed by atoms with E-state index in [1.54, 1.807) is 0 Å². The van der Waals surface area contributed by atoms with E-state index < -0.39 is 10.8 Å². The number of aryl methyl sites for hydroxylation is 3. The summed E-state index contributed by atoms with van der Waals surface area (Å²) in [7, 11) is 0.860. The molecule has 0 N–H and O–H groups in total. The van der Waals surface area contributed by atoms with Crippen molar-refractivity contribution in [3.8, 4) is 0 Å². The summed E-state index contributed by atoms with van der Waals surface area (Å²) in [4.78, 5) is 0.904. The number of benzene rings is 1. The van der Waals surface area contributed by atoms with E-state index in [1.807, 2.05) is 24.6 Å². The SMILES string of the molecule is Cc1nnc(C[S@@](=O)c2ccc3c(c2)CCC3)n1C. The van der Waals surface area contributed by atoms with Crippen LogP contribution < -0.4 is 0 Å². The fourth-order valence-corrected chi connectivity index (χ4v) is 3.61. The molecule has 0 unspecified atom stereocenters. The van der Waals surface area contributed by atoms with Gasteiger partial charge in [0, 0.05) is 11.9 Å². The number of fused-ring (bicyclic) bond motifs is 1. The van der Waals surface area contributed by atoms with E-state index >= 15 is 0 Å². The third-order valence-electron chi connectivity index (χ3n) is 3.78. The topological polar surface area (TPSA) is 47.8 Å². The predicted molar refractivity (Wildman–Crippen MR) is 74.3 cm³/mol. The highest BCUT2D eigenvalue weighted by Gasteiger charge is 2.15. The van der Waals surface area contributed by atoms with Crippen LogP contribution in [-0.4, -0.2) is 19.0 Å². The Bertz CT molecular complexity index is 648. The Labute approximate surface area is 115 Å². The maximum atomic E-state index is 12.4. The van der Waals surface area contributed by atoms with Crippen LogP contribution in [0, 0.1) is 6.92 Å². The molecule has 2 aromatic rings. The molecule has 0 fully saturated rings. The zero-order chi connectivity index (χ0) is 13.4. The standard InChI is InChI=1S/C14H17N3OS/c1-10-15-16-14(17(10)2)9-19(18)13-7-6-11-4-3-5-12(11)8-13/h6-8H,3-5,9H2,1-2H3/t19-/m1/s1. The molecule has 1 aliphatic carbocycles. The first-order chi connectivity index (χ1) is 9.15. The Balaban J connectivity index is 1.83. The number of hydrogen-bond acceptors (Lipinski definition) is 3. The van der Waals surface area contributed by atoms with Gasteiger partial charge in [0.25, 0.3) is 0 Å². The lowest BCUT2D eigenvalue weighted by Gasteiger charge is -2.05. The Morgan fingerprint density at radius 3 is 2.79 bits per heavy atom. The maximum absolute atomic E-state index is 12.4. The molecule has 4 nitrogen and oxygen atoms in total. The lowest BCUT2D eigenvalue weighted by atomic mass is 10.1. The molecule has 0 radical (unpaired) electrons. The van der Waals surface area contributed by atoms with E-state index in [0.717, 1.165) is 29.4 Å². The second kappa shape index (κ2) is 4.89. The average molecular weight is 275 g/mol. The van der Waals surface area contributed by atoms with E-state index in [0.29, 0.717) is 5.75 Å². The van der Waals surface area contributed by atoms with Gasteiger partial charge in [0.1, 0.15) is 11.6 Å². The van der Waals surface area contributed by atoms with Crippen LogP contribution in [0.2, 0.25) is 0 Å². The molecular weight excluding hydrogens is 258 g/mol. The molecule has 1 aromatic heterocycles. The molecule has 1 atom stereocenters. The molecule has 3 rings (SSSR count). The van der Waals surface area contributed by atoms with Gasteiger partial charge in [0.05, 0.1) is 16.6 Å². The Hall–Kier alpha value is -1.49. The minimum atomic E-state index is -1.05. The molecule has 0 amide bonds. The van der Waals surface area contributed by atoms with E-state index in [2.05, 4.69) is 22.3 Å². The van der Waals surface area contributed by atoms with Gasteiger partial charge in [-0.15, -0.1) is 10.2 Å². The molecule has 1 aromatic carbocycles. The Morgan fingerprint density at radius 2 is 2.05 bits per heavy atom. The molecule has 19 heavy (non-hydrogen) atoms. The quantitative estimate of drug-likeness (QED) is 0.860. The number of aromatic nitrogens is 3. The number of rotatable bonds is 3. The number of nitrogens with zero attached hydrogens (tertiary/aromatic N) is 3. The zero-order valence-electron chi connectivity index (χ0n) is 11.2. The summed E-state index contributed by atoms with van der Waals surface area (Å²) in [6, 6.07) is 6.21. The highest BCUT2D eigenvalue weighted by Crippen LogP contribution is 2.24. The molecule has 5 heteroatoms.